The summed E-state index contributed by atoms with van der Waals surface area (Å²) in [5.74, 6) is 1.88. The molecule has 2 aromatic heterocycles. The summed E-state index contributed by atoms with van der Waals surface area (Å²) in [6.45, 7) is 4.56. The Bertz CT molecular complexity index is 1260. The number of para-hydroxylation sites is 2. The number of benzene rings is 1. The Labute approximate surface area is 225 Å². The van der Waals surface area contributed by atoms with Gasteiger partial charge in [0.1, 0.15) is 20.7 Å². The molecule has 1 saturated heterocycles. The molecule has 0 saturated carbocycles. The van der Waals surface area contributed by atoms with Crippen LogP contribution in [0, 0.1) is 0 Å². The predicted octanol–water partition coefficient (Wildman–Crippen LogP) is 6.27. The molecule has 1 fully saturated rings. The first kappa shape index (κ1) is 25.8. The molecule has 1 aromatic carbocycles. The van der Waals surface area contributed by atoms with Gasteiger partial charge in [-0.1, -0.05) is 12.1 Å². The molecule has 0 aliphatic carbocycles. The van der Waals surface area contributed by atoms with Gasteiger partial charge in [-0.25, -0.2) is 14.2 Å². The van der Waals surface area contributed by atoms with E-state index >= 15 is 0 Å². The van der Waals surface area contributed by atoms with Crippen molar-refractivity contribution in [1.82, 2.24) is 14.5 Å². The number of rotatable bonds is 7. The summed E-state index contributed by atoms with van der Waals surface area (Å²) in [6, 6.07) is 12.1. The SMILES string of the molecule is C[C@@H]1COCCN1c1cc(N=S(C)(C)=O)nc(-n2c(COSP(I)I)nc3ccccc32)c1. The van der Waals surface area contributed by atoms with Crippen molar-refractivity contribution in [3.8, 4) is 5.82 Å². The topological polar surface area (TPSA) is 81.8 Å². The number of hydrogen-bond acceptors (Lipinski definition) is 8. The lowest BCUT2D eigenvalue weighted by molar-refractivity contribution is 0.0989. The number of morpholine rings is 1. The molecule has 3 aromatic rings. The van der Waals surface area contributed by atoms with E-state index in [0.717, 1.165) is 29.1 Å². The molecule has 33 heavy (non-hydrogen) atoms. The summed E-state index contributed by atoms with van der Waals surface area (Å²) in [5.41, 5.74) is 2.78. The maximum atomic E-state index is 12.5. The zero-order chi connectivity index (χ0) is 23.6. The molecule has 0 unspecified atom stereocenters. The molecule has 1 aliphatic heterocycles. The lowest BCUT2D eigenvalue weighted by atomic mass is 10.2. The molecule has 0 amide bonds. The molecule has 178 valence electrons. The van der Waals surface area contributed by atoms with Crippen LogP contribution in [0.2, 0.25) is 0 Å². The van der Waals surface area contributed by atoms with Crippen molar-refractivity contribution in [2.45, 2.75) is 19.6 Å². The van der Waals surface area contributed by atoms with Gasteiger partial charge in [-0.15, -0.1) is 0 Å². The van der Waals surface area contributed by atoms with Crippen LogP contribution in [0.5, 0.6) is 0 Å². The van der Waals surface area contributed by atoms with Crippen molar-refractivity contribution >= 4 is 90.4 Å². The van der Waals surface area contributed by atoms with Gasteiger partial charge in [0.2, 0.25) is 0 Å². The lowest BCUT2D eigenvalue weighted by Crippen LogP contribution is -2.43. The number of halogens is 2. The Balaban J connectivity index is 1.87. The van der Waals surface area contributed by atoms with Crippen LogP contribution >= 0.6 is 58.2 Å². The first-order valence-electron chi connectivity index (χ1n) is 10.1. The second kappa shape index (κ2) is 11.2. The standard InChI is InChI=1S/C20H24I2N5O3PS2/c1-14-12-29-9-8-26(14)15-10-18(25-33(2,3)28)24-19(11-15)27-17-7-5-4-6-16(17)23-20(27)13-30-32-31(21)22/h4-7,10-11,14H,8-9,12-13H2,1-3H3/t14-/m1/s1. The normalized spacial score (nSPS) is 17.2. The van der Waals surface area contributed by atoms with E-state index in [4.69, 9.17) is 18.9 Å². The zero-order valence-electron chi connectivity index (χ0n) is 18.4. The number of aromatic nitrogens is 3. The quantitative estimate of drug-likeness (QED) is 0.161. The van der Waals surface area contributed by atoms with E-state index in [2.05, 4.69) is 60.3 Å². The van der Waals surface area contributed by atoms with Gasteiger partial charge < -0.3 is 13.8 Å². The second-order valence-electron chi connectivity index (χ2n) is 7.82. The Morgan fingerprint density at radius 1 is 1.30 bits per heavy atom. The average Bonchev–Trinajstić information content (AvgIpc) is 3.10. The number of imidazole rings is 1. The van der Waals surface area contributed by atoms with Crippen LogP contribution in [0.25, 0.3) is 16.9 Å². The van der Waals surface area contributed by atoms with Crippen molar-refractivity contribution in [3.63, 3.8) is 0 Å². The number of pyridine rings is 1. The summed E-state index contributed by atoms with van der Waals surface area (Å²) >= 11 is 6.19. The van der Waals surface area contributed by atoms with E-state index in [9.17, 15) is 4.21 Å². The summed E-state index contributed by atoms with van der Waals surface area (Å²) in [6.07, 6.45) is 3.24. The Hall–Kier alpha value is -0.250. The van der Waals surface area contributed by atoms with Crippen molar-refractivity contribution in [1.29, 1.82) is 0 Å². The fourth-order valence-corrected chi connectivity index (χ4v) is 6.92. The van der Waals surface area contributed by atoms with E-state index in [0.29, 0.717) is 31.5 Å². The summed E-state index contributed by atoms with van der Waals surface area (Å²) in [7, 11) is -2.38. The van der Waals surface area contributed by atoms with Crippen LogP contribution < -0.4 is 4.90 Å². The smallest absolute Gasteiger partial charge is 0.165 e. The first-order chi connectivity index (χ1) is 15.7. The summed E-state index contributed by atoms with van der Waals surface area (Å²) in [4.78, 5) is 11.9. The van der Waals surface area contributed by atoms with Gasteiger partial charge in [0.15, 0.2) is 5.82 Å². The molecule has 8 nitrogen and oxygen atoms in total. The molecule has 4 rings (SSSR count). The molecule has 13 heteroatoms. The minimum Gasteiger partial charge on any atom is -0.377 e. The van der Waals surface area contributed by atoms with Gasteiger partial charge in [0.25, 0.3) is 0 Å². The number of anilines is 1. The number of nitrogens with zero attached hydrogens (tertiary/aromatic N) is 5. The van der Waals surface area contributed by atoms with Gasteiger partial charge in [0.05, 0.1) is 24.2 Å². The van der Waals surface area contributed by atoms with Gasteiger partial charge in [-0.2, -0.15) is 4.36 Å². The highest BCUT2D eigenvalue weighted by molar-refractivity contribution is 14.3. The first-order valence-corrected chi connectivity index (χ1v) is 20.7. The van der Waals surface area contributed by atoms with Gasteiger partial charge in [-0.3, -0.25) is 4.57 Å². The van der Waals surface area contributed by atoms with Crippen LogP contribution in [0.1, 0.15) is 12.7 Å². The molecule has 0 bridgehead atoms. The van der Waals surface area contributed by atoms with Crippen LogP contribution in [0.4, 0.5) is 11.5 Å². The predicted molar refractivity (Wildman–Crippen MR) is 156 cm³/mol. The van der Waals surface area contributed by atoms with E-state index in [1.54, 1.807) is 12.5 Å². The van der Waals surface area contributed by atoms with Crippen molar-refractivity contribution in [2.75, 3.05) is 37.2 Å². The minimum atomic E-state index is -2.38. The average molecular weight is 731 g/mol. The van der Waals surface area contributed by atoms with E-state index in [1.807, 2.05) is 41.0 Å². The third kappa shape index (κ3) is 6.70. The van der Waals surface area contributed by atoms with Crippen LogP contribution in [-0.2, 0) is 25.3 Å². The fourth-order valence-electron chi connectivity index (χ4n) is 3.70. The molecule has 3 heterocycles. The van der Waals surface area contributed by atoms with Gasteiger partial charge in [-0.05, 0) is 63.1 Å². The Morgan fingerprint density at radius 3 is 2.82 bits per heavy atom. The lowest BCUT2D eigenvalue weighted by Gasteiger charge is -2.35. The van der Waals surface area contributed by atoms with Crippen molar-refractivity contribution in [3.05, 3.63) is 42.2 Å². The maximum Gasteiger partial charge on any atom is 0.165 e. The Morgan fingerprint density at radius 2 is 2.09 bits per heavy atom. The highest BCUT2D eigenvalue weighted by Crippen LogP contribution is 2.65. The number of hydrogen-bond donors (Lipinski definition) is 0. The fraction of sp³-hybridized carbons (Fsp3) is 0.400. The Kier molecular flexibility index (Phi) is 8.77. The molecular weight excluding hydrogens is 707 g/mol. The molecule has 0 N–H and O–H groups in total. The second-order valence-corrected chi connectivity index (χ2v) is 28.0. The van der Waals surface area contributed by atoms with E-state index < -0.39 is 9.73 Å². The molecular formula is C20H24I2N5O3PS2. The highest BCUT2D eigenvalue weighted by Gasteiger charge is 2.22. The van der Waals surface area contributed by atoms with E-state index in [1.165, 1.54) is 11.7 Å². The van der Waals surface area contributed by atoms with Crippen LogP contribution in [0.15, 0.2) is 40.8 Å². The monoisotopic (exact) mass is 731 g/mol. The minimum absolute atomic E-state index is 0.208. The van der Waals surface area contributed by atoms with Crippen molar-refractivity contribution in [2.24, 2.45) is 4.36 Å². The highest BCUT2D eigenvalue weighted by atomic mass is 127. The summed E-state index contributed by atoms with van der Waals surface area (Å²) < 4.78 is 30.1. The summed E-state index contributed by atoms with van der Waals surface area (Å²) in [5, 5.41) is 0. The van der Waals surface area contributed by atoms with Crippen molar-refractivity contribution < 1.29 is 13.1 Å². The van der Waals surface area contributed by atoms with Gasteiger partial charge in [0, 0.05) is 64.3 Å². The third-order valence-electron chi connectivity index (χ3n) is 4.95. The van der Waals surface area contributed by atoms with E-state index in [-0.39, 0.29) is 8.45 Å². The molecule has 1 atom stereocenters. The molecule has 0 radical (unpaired) electrons. The van der Waals surface area contributed by atoms with Crippen LogP contribution in [0.3, 0.4) is 0 Å². The van der Waals surface area contributed by atoms with Gasteiger partial charge >= 0.3 is 0 Å². The number of fused-ring (bicyclic) bond motifs is 1. The maximum absolute atomic E-state index is 12.5. The largest absolute Gasteiger partial charge is 0.377 e. The number of ether oxygens (including phenoxy) is 1. The third-order valence-corrected chi connectivity index (χ3v) is 9.46. The van der Waals surface area contributed by atoms with Crippen LogP contribution in [-0.4, -0.2) is 57.1 Å². The molecule has 0 spiro atoms. The zero-order valence-corrected chi connectivity index (χ0v) is 25.2. The molecule has 1 aliphatic rings.